The summed E-state index contributed by atoms with van der Waals surface area (Å²) in [6.07, 6.45) is 6.50. The van der Waals surface area contributed by atoms with Crippen LogP contribution in [0.2, 0.25) is 0 Å². The van der Waals surface area contributed by atoms with Gasteiger partial charge in [-0.15, -0.1) is 0 Å². The molecule has 3 rings (SSSR count). The number of pyridine rings is 1. The van der Waals surface area contributed by atoms with Gasteiger partial charge in [0, 0.05) is 44.0 Å². The Balaban J connectivity index is 1.42. The molecule has 0 spiro atoms. The Morgan fingerprint density at radius 1 is 1.26 bits per heavy atom. The van der Waals surface area contributed by atoms with Crippen LogP contribution in [0, 0.1) is 0 Å². The first-order valence-corrected chi connectivity index (χ1v) is 7.82. The predicted molar refractivity (Wildman–Crippen MR) is 90.0 cm³/mol. The van der Waals surface area contributed by atoms with Gasteiger partial charge in [0.2, 0.25) is 5.91 Å². The van der Waals surface area contributed by atoms with Crippen LogP contribution < -0.4 is 5.43 Å². The van der Waals surface area contributed by atoms with Crippen LogP contribution in [0.15, 0.2) is 53.9 Å². The maximum atomic E-state index is 11.9. The third kappa shape index (κ3) is 4.47. The number of hydrogen-bond donors (Lipinski definition) is 1. The van der Waals surface area contributed by atoms with Crippen LogP contribution in [-0.4, -0.2) is 35.1 Å². The van der Waals surface area contributed by atoms with Gasteiger partial charge in [0.15, 0.2) is 0 Å². The molecule has 0 bridgehead atoms. The Kier molecular flexibility index (Phi) is 5.11. The molecule has 0 aliphatic carbocycles. The lowest BCUT2D eigenvalue weighted by Crippen LogP contribution is -2.33. The normalized spacial score (nSPS) is 14.6. The molecule has 1 amide bonds. The van der Waals surface area contributed by atoms with Crippen molar-refractivity contribution in [2.24, 2.45) is 5.10 Å². The number of amides is 1. The summed E-state index contributed by atoms with van der Waals surface area (Å²) >= 11 is 0. The topological polar surface area (TPSA) is 57.6 Å². The molecular formula is C18H20N4O. The number of rotatable bonds is 5. The Morgan fingerprint density at radius 3 is 2.96 bits per heavy atom. The maximum Gasteiger partial charge on any atom is 0.241 e. The minimum absolute atomic E-state index is 0.0657. The maximum absolute atomic E-state index is 11.9. The van der Waals surface area contributed by atoms with Crippen molar-refractivity contribution < 1.29 is 4.79 Å². The highest BCUT2D eigenvalue weighted by atomic mass is 16.2. The van der Waals surface area contributed by atoms with Gasteiger partial charge in [-0.05, 0) is 23.6 Å². The van der Waals surface area contributed by atoms with Crippen molar-refractivity contribution in [2.75, 3.05) is 13.1 Å². The van der Waals surface area contributed by atoms with E-state index in [9.17, 15) is 4.79 Å². The summed E-state index contributed by atoms with van der Waals surface area (Å²) in [6.45, 7) is 2.67. The van der Waals surface area contributed by atoms with E-state index in [1.165, 1.54) is 11.1 Å². The Hall–Kier alpha value is -2.53. The van der Waals surface area contributed by atoms with E-state index in [1.807, 2.05) is 12.1 Å². The van der Waals surface area contributed by atoms with E-state index < -0.39 is 0 Å². The van der Waals surface area contributed by atoms with Crippen molar-refractivity contribution in [1.29, 1.82) is 0 Å². The first-order chi connectivity index (χ1) is 11.3. The number of carbonyl (C=O) groups excluding carboxylic acids is 1. The zero-order chi connectivity index (χ0) is 15.9. The Labute approximate surface area is 136 Å². The molecule has 2 aromatic rings. The molecule has 1 N–H and O–H groups in total. The summed E-state index contributed by atoms with van der Waals surface area (Å²) in [4.78, 5) is 18.2. The summed E-state index contributed by atoms with van der Waals surface area (Å²) in [7, 11) is 0. The third-order valence-electron chi connectivity index (χ3n) is 3.95. The fourth-order valence-corrected chi connectivity index (χ4v) is 2.69. The Morgan fingerprint density at radius 2 is 2.13 bits per heavy atom. The lowest BCUT2D eigenvalue weighted by molar-refractivity contribution is -0.121. The zero-order valence-corrected chi connectivity index (χ0v) is 13.0. The van der Waals surface area contributed by atoms with Gasteiger partial charge in [0.1, 0.15) is 0 Å². The van der Waals surface area contributed by atoms with E-state index in [-0.39, 0.29) is 5.91 Å². The number of carbonyl (C=O) groups is 1. The quantitative estimate of drug-likeness (QED) is 0.679. The summed E-state index contributed by atoms with van der Waals surface area (Å²) < 4.78 is 0. The number of hydrogen-bond acceptors (Lipinski definition) is 4. The first kappa shape index (κ1) is 15.4. The van der Waals surface area contributed by atoms with Crippen molar-refractivity contribution in [3.05, 3.63) is 65.5 Å². The van der Waals surface area contributed by atoms with Crippen molar-refractivity contribution in [1.82, 2.24) is 15.3 Å². The fourth-order valence-electron chi connectivity index (χ4n) is 2.69. The molecule has 5 heteroatoms. The molecule has 23 heavy (non-hydrogen) atoms. The molecule has 1 aromatic carbocycles. The highest BCUT2D eigenvalue weighted by molar-refractivity contribution is 5.82. The second-order valence-corrected chi connectivity index (χ2v) is 5.62. The van der Waals surface area contributed by atoms with Crippen LogP contribution in [0.3, 0.4) is 0 Å². The average molecular weight is 308 g/mol. The molecule has 118 valence electrons. The summed E-state index contributed by atoms with van der Waals surface area (Å²) in [5.74, 6) is -0.0657. The molecule has 2 heterocycles. The minimum Gasteiger partial charge on any atom is -0.298 e. The van der Waals surface area contributed by atoms with Crippen molar-refractivity contribution in [3.63, 3.8) is 0 Å². The summed E-state index contributed by atoms with van der Waals surface area (Å²) in [6, 6.07) is 12.2. The Bertz CT molecular complexity index is 684. The van der Waals surface area contributed by atoms with Gasteiger partial charge in [-0.2, -0.15) is 5.10 Å². The molecule has 1 aromatic heterocycles. The van der Waals surface area contributed by atoms with Gasteiger partial charge in [-0.3, -0.25) is 14.7 Å². The van der Waals surface area contributed by atoms with E-state index in [2.05, 4.69) is 44.7 Å². The lowest BCUT2D eigenvalue weighted by atomic mass is 10.00. The molecular weight excluding hydrogens is 288 g/mol. The van der Waals surface area contributed by atoms with Gasteiger partial charge in [0.05, 0.1) is 6.21 Å². The number of benzene rings is 1. The standard InChI is InChI=1S/C18H20N4O/c23-18(21-20-13-15-4-3-9-19-12-15)8-11-22-10-7-16-5-1-2-6-17(16)14-22/h1-6,9,12-13H,7-8,10-11,14H2,(H,21,23)/b20-13+. The molecule has 0 fully saturated rings. The van der Waals surface area contributed by atoms with Crippen molar-refractivity contribution >= 4 is 12.1 Å². The molecule has 0 unspecified atom stereocenters. The fraction of sp³-hybridized carbons (Fsp3) is 0.278. The SMILES string of the molecule is O=C(CCN1CCc2ccccc2C1)N/N=C/c1cccnc1. The van der Waals surface area contributed by atoms with Gasteiger partial charge < -0.3 is 0 Å². The third-order valence-corrected chi connectivity index (χ3v) is 3.95. The number of nitrogens with one attached hydrogen (secondary N) is 1. The average Bonchev–Trinajstić information content (AvgIpc) is 2.61. The molecule has 1 aliphatic rings. The monoisotopic (exact) mass is 308 g/mol. The van der Waals surface area contributed by atoms with Crippen LogP contribution in [0.4, 0.5) is 0 Å². The van der Waals surface area contributed by atoms with E-state index in [0.717, 1.165) is 31.6 Å². The molecule has 0 saturated carbocycles. The van der Waals surface area contributed by atoms with Crippen LogP contribution in [0.5, 0.6) is 0 Å². The minimum atomic E-state index is -0.0657. The van der Waals surface area contributed by atoms with Crippen molar-refractivity contribution in [2.45, 2.75) is 19.4 Å². The van der Waals surface area contributed by atoms with Crippen molar-refractivity contribution in [3.8, 4) is 0 Å². The number of nitrogens with zero attached hydrogens (tertiary/aromatic N) is 3. The summed E-state index contributed by atoms with van der Waals surface area (Å²) in [5.41, 5.74) is 6.22. The summed E-state index contributed by atoms with van der Waals surface area (Å²) in [5, 5.41) is 3.96. The van der Waals surface area contributed by atoms with Crippen LogP contribution in [0.1, 0.15) is 23.1 Å². The van der Waals surface area contributed by atoms with Gasteiger partial charge in [0.25, 0.3) is 0 Å². The molecule has 0 atom stereocenters. The second kappa shape index (κ2) is 7.65. The first-order valence-electron chi connectivity index (χ1n) is 7.82. The van der Waals surface area contributed by atoms with Crippen LogP contribution in [0.25, 0.3) is 0 Å². The van der Waals surface area contributed by atoms with E-state index in [0.29, 0.717) is 6.42 Å². The molecule has 5 nitrogen and oxygen atoms in total. The van der Waals surface area contributed by atoms with Gasteiger partial charge in [-0.25, -0.2) is 5.43 Å². The number of fused-ring (bicyclic) bond motifs is 1. The highest BCUT2D eigenvalue weighted by Crippen LogP contribution is 2.18. The number of hydrazone groups is 1. The van der Waals surface area contributed by atoms with Crippen LogP contribution >= 0.6 is 0 Å². The van der Waals surface area contributed by atoms with Gasteiger partial charge >= 0.3 is 0 Å². The van der Waals surface area contributed by atoms with Crippen LogP contribution in [-0.2, 0) is 17.8 Å². The predicted octanol–water partition coefficient (Wildman–Crippen LogP) is 1.98. The lowest BCUT2D eigenvalue weighted by Gasteiger charge is -2.28. The zero-order valence-electron chi connectivity index (χ0n) is 13.0. The second-order valence-electron chi connectivity index (χ2n) is 5.62. The smallest absolute Gasteiger partial charge is 0.241 e. The molecule has 0 saturated heterocycles. The van der Waals surface area contributed by atoms with E-state index >= 15 is 0 Å². The van der Waals surface area contributed by atoms with Gasteiger partial charge in [-0.1, -0.05) is 30.3 Å². The molecule has 1 aliphatic heterocycles. The molecule has 0 radical (unpaired) electrons. The largest absolute Gasteiger partial charge is 0.298 e. The highest BCUT2D eigenvalue weighted by Gasteiger charge is 2.16. The van der Waals surface area contributed by atoms with E-state index in [4.69, 9.17) is 0 Å². The van der Waals surface area contributed by atoms with E-state index in [1.54, 1.807) is 18.6 Å². The number of aromatic nitrogens is 1.